The highest BCUT2D eigenvalue weighted by atomic mass is 32.2. The third kappa shape index (κ3) is 4.03. The van der Waals surface area contributed by atoms with Crippen molar-refractivity contribution in [1.82, 2.24) is 10.4 Å². The Bertz CT molecular complexity index is 875. The van der Waals surface area contributed by atoms with Gasteiger partial charge in [-0.25, -0.2) is 10.4 Å². The van der Waals surface area contributed by atoms with Crippen LogP contribution in [0, 0.1) is 0 Å². The Morgan fingerprint density at radius 1 is 1.29 bits per heavy atom. The molecule has 3 rings (SSSR count). The van der Waals surface area contributed by atoms with E-state index in [0.717, 1.165) is 14.6 Å². The van der Waals surface area contributed by atoms with Crippen LogP contribution in [-0.2, 0) is 4.79 Å². The smallest absolute Gasteiger partial charge is 0.250 e. The predicted octanol–water partition coefficient (Wildman–Crippen LogP) is 2.95. The molecule has 0 spiro atoms. The van der Waals surface area contributed by atoms with Gasteiger partial charge in [0.2, 0.25) is 0 Å². The zero-order chi connectivity index (χ0) is 16.9. The second-order valence-electron chi connectivity index (χ2n) is 4.77. The number of aromatic hydroxyl groups is 2. The molecule has 0 radical (unpaired) electrons. The molecule has 122 valence electrons. The maximum Gasteiger partial charge on any atom is 0.250 e. The van der Waals surface area contributed by atoms with E-state index in [0.29, 0.717) is 5.56 Å². The standard InChI is InChI=1S/C16H13N3O3S2/c20-11-6-5-10(13(21)7-11)8-17-19-15(22)9-23-16-18-12-3-1-2-4-14(12)24-16/h1-8,20-21H,9H2,(H,19,22)/b17-8+. The van der Waals surface area contributed by atoms with Gasteiger partial charge in [0.1, 0.15) is 11.5 Å². The monoisotopic (exact) mass is 359 g/mol. The van der Waals surface area contributed by atoms with Gasteiger partial charge in [0.05, 0.1) is 22.2 Å². The number of fused-ring (bicyclic) bond motifs is 1. The zero-order valence-electron chi connectivity index (χ0n) is 12.3. The molecule has 0 unspecified atom stereocenters. The molecule has 3 aromatic rings. The van der Waals surface area contributed by atoms with Crippen LogP contribution < -0.4 is 5.43 Å². The maximum atomic E-state index is 11.8. The summed E-state index contributed by atoms with van der Waals surface area (Å²) in [6.07, 6.45) is 1.31. The van der Waals surface area contributed by atoms with E-state index in [1.807, 2.05) is 24.3 Å². The summed E-state index contributed by atoms with van der Waals surface area (Å²) in [5.41, 5.74) is 3.71. The average molecular weight is 359 g/mol. The van der Waals surface area contributed by atoms with Gasteiger partial charge in [-0.2, -0.15) is 5.10 Å². The lowest BCUT2D eigenvalue weighted by Crippen LogP contribution is -2.19. The van der Waals surface area contributed by atoms with Crippen molar-refractivity contribution in [2.45, 2.75) is 4.34 Å². The normalized spacial score (nSPS) is 11.2. The van der Waals surface area contributed by atoms with Gasteiger partial charge in [-0.3, -0.25) is 4.79 Å². The fraction of sp³-hybridized carbons (Fsp3) is 0.0625. The number of para-hydroxylation sites is 1. The number of thioether (sulfide) groups is 1. The van der Waals surface area contributed by atoms with Crippen molar-refractivity contribution in [3.8, 4) is 11.5 Å². The Hall–Kier alpha value is -2.58. The molecule has 8 heteroatoms. The number of amides is 1. The minimum Gasteiger partial charge on any atom is -0.508 e. The van der Waals surface area contributed by atoms with Crippen LogP contribution in [0.4, 0.5) is 0 Å². The number of nitrogens with zero attached hydrogens (tertiary/aromatic N) is 2. The fourth-order valence-electron chi connectivity index (χ4n) is 1.89. The topological polar surface area (TPSA) is 94.8 Å². The number of rotatable bonds is 5. The lowest BCUT2D eigenvalue weighted by molar-refractivity contribution is -0.118. The highest BCUT2D eigenvalue weighted by molar-refractivity contribution is 8.01. The predicted molar refractivity (Wildman–Crippen MR) is 95.9 cm³/mol. The lowest BCUT2D eigenvalue weighted by atomic mass is 10.2. The molecule has 0 atom stereocenters. The van der Waals surface area contributed by atoms with Gasteiger partial charge in [0.25, 0.3) is 5.91 Å². The highest BCUT2D eigenvalue weighted by Crippen LogP contribution is 2.29. The third-order valence-electron chi connectivity index (χ3n) is 3.01. The van der Waals surface area contributed by atoms with Gasteiger partial charge in [-0.1, -0.05) is 23.9 Å². The molecule has 0 bridgehead atoms. The number of benzene rings is 2. The largest absolute Gasteiger partial charge is 0.508 e. The van der Waals surface area contributed by atoms with Crippen LogP contribution in [0.2, 0.25) is 0 Å². The molecule has 1 aromatic heterocycles. The quantitative estimate of drug-likeness (QED) is 0.370. The molecule has 0 fully saturated rings. The Balaban J connectivity index is 1.53. The molecule has 1 heterocycles. The molecule has 0 aliphatic rings. The SMILES string of the molecule is O=C(CSc1nc2ccccc2s1)N/N=C/c1ccc(O)cc1O. The van der Waals surface area contributed by atoms with E-state index in [-0.39, 0.29) is 23.2 Å². The first-order valence-corrected chi connectivity index (χ1v) is 8.74. The molecule has 24 heavy (non-hydrogen) atoms. The molecule has 0 saturated heterocycles. The van der Waals surface area contributed by atoms with Gasteiger partial charge < -0.3 is 10.2 Å². The number of carbonyl (C=O) groups is 1. The van der Waals surface area contributed by atoms with Crippen molar-refractivity contribution in [3.05, 3.63) is 48.0 Å². The number of aromatic nitrogens is 1. The number of phenolic OH excluding ortho intramolecular Hbond substituents is 2. The first-order valence-electron chi connectivity index (χ1n) is 6.94. The van der Waals surface area contributed by atoms with Gasteiger partial charge >= 0.3 is 0 Å². The van der Waals surface area contributed by atoms with Gasteiger partial charge in [-0.05, 0) is 24.3 Å². The Kier molecular flexibility index (Phi) is 4.97. The van der Waals surface area contributed by atoms with Crippen molar-refractivity contribution in [1.29, 1.82) is 0 Å². The molecule has 1 amide bonds. The van der Waals surface area contributed by atoms with Crippen molar-refractivity contribution in [3.63, 3.8) is 0 Å². The van der Waals surface area contributed by atoms with E-state index in [1.54, 1.807) is 0 Å². The molecule has 0 aliphatic carbocycles. The lowest BCUT2D eigenvalue weighted by Gasteiger charge is -2.00. The van der Waals surface area contributed by atoms with Crippen molar-refractivity contribution >= 4 is 45.4 Å². The molecule has 0 aliphatic heterocycles. The molecule has 0 saturated carbocycles. The number of carbonyl (C=O) groups excluding carboxylic acids is 1. The van der Waals surface area contributed by atoms with E-state index in [9.17, 15) is 15.0 Å². The molecule has 2 aromatic carbocycles. The van der Waals surface area contributed by atoms with Gasteiger partial charge in [-0.15, -0.1) is 11.3 Å². The second kappa shape index (κ2) is 7.33. The van der Waals surface area contributed by atoms with Crippen LogP contribution in [0.25, 0.3) is 10.2 Å². The van der Waals surface area contributed by atoms with Crippen molar-refractivity contribution < 1.29 is 15.0 Å². The number of hydrazone groups is 1. The Morgan fingerprint density at radius 2 is 2.12 bits per heavy atom. The van der Waals surface area contributed by atoms with E-state index < -0.39 is 0 Å². The summed E-state index contributed by atoms with van der Waals surface area (Å²) in [5.74, 6) is -0.231. The minimum atomic E-state index is -0.270. The summed E-state index contributed by atoms with van der Waals surface area (Å²) in [6, 6.07) is 11.9. The summed E-state index contributed by atoms with van der Waals surface area (Å²) in [7, 11) is 0. The average Bonchev–Trinajstić information content (AvgIpc) is 2.98. The number of hydrogen-bond acceptors (Lipinski definition) is 7. The van der Waals surface area contributed by atoms with Crippen LogP contribution in [-0.4, -0.2) is 33.1 Å². The van der Waals surface area contributed by atoms with Gasteiger partial charge in [0, 0.05) is 11.6 Å². The summed E-state index contributed by atoms with van der Waals surface area (Å²) < 4.78 is 1.91. The van der Waals surface area contributed by atoms with Gasteiger partial charge in [0.15, 0.2) is 4.34 Å². The summed E-state index contributed by atoms with van der Waals surface area (Å²) >= 11 is 2.88. The van der Waals surface area contributed by atoms with Crippen LogP contribution in [0.3, 0.4) is 0 Å². The van der Waals surface area contributed by atoms with Crippen LogP contribution in [0.15, 0.2) is 51.9 Å². The van der Waals surface area contributed by atoms with E-state index in [1.165, 1.54) is 47.5 Å². The van der Waals surface area contributed by atoms with E-state index in [4.69, 9.17) is 0 Å². The van der Waals surface area contributed by atoms with Crippen LogP contribution in [0.1, 0.15) is 5.56 Å². The Labute approximate surface area is 145 Å². The van der Waals surface area contributed by atoms with Crippen LogP contribution >= 0.6 is 23.1 Å². The summed E-state index contributed by atoms with van der Waals surface area (Å²) in [4.78, 5) is 16.2. The second-order valence-corrected chi connectivity index (χ2v) is 7.03. The molecular weight excluding hydrogens is 346 g/mol. The summed E-state index contributed by atoms with van der Waals surface area (Å²) in [6.45, 7) is 0. The first kappa shape index (κ1) is 16.3. The number of nitrogens with one attached hydrogen (secondary N) is 1. The molecule has 3 N–H and O–H groups in total. The Morgan fingerprint density at radius 3 is 2.92 bits per heavy atom. The minimum absolute atomic E-state index is 0.0408. The maximum absolute atomic E-state index is 11.8. The van der Waals surface area contributed by atoms with Crippen molar-refractivity contribution in [2.75, 3.05) is 5.75 Å². The zero-order valence-corrected chi connectivity index (χ0v) is 14.0. The van der Waals surface area contributed by atoms with E-state index >= 15 is 0 Å². The number of hydrogen-bond donors (Lipinski definition) is 3. The molecular formula is C16H13N3O3S2. The number of thiazole rings is 1. The van der Waals surface area contributed by atoms with Crippen LogP contribution in [0.5, 0.6) is 11.5 Å². The van der Waals surface area contributed by atoms with E-state index in [2.05, 4.69) is 15.5 Å². The number of phenols is 2. The fourth-order valence-corrected chi connectivity index (χ4v) is 3.75. The third-order valence-corrected chi connectivity index (χ3v) is 5.19. The van der Waals surface area contributed by atoms with Crippen molar-refractivity contribution in [2.24, 2.45) is 5.10 Å². The molecule has 6 nitrogen and oxygen atoms in total. The highest BCUT2D eigenvalue weighted by Gasteiger charge is 2.07. The first-order chi connectivity index (χ1) is 11.6. The summed E-state index contributed by atoms with van der Waals surface area (Å²) in [5, 5.41) is 22.6.